The molecule has 1 aromatic carbocycles. The fraction of sp³-hybridized carbons (Fsp3) is 0.381. The lowest BCUT2D eigenvalue weighted by molar-refractivity contribution is -0.142. The fourth-order valence-corrected chi connectivity index (χ4v) is 5.35. The number of rotatable bonds is 26. The summed E-state index contributed by atoms with van der Waals surface area (Å²) >= 11 is 0. The summed E-state index contributed by atoms with van der Waals surface area (Å²) in [5.41, 5.74) is 5.10. The number of nitrogens with two attached hydrogens (primary N) is 1. The maximum absolute atomic E-state index is 13.2. The van der Waals surface area contributed by atoms with Gasteiger partial charge >= 0.3 is 53.8 Å². The van der Waals surface area contributed by atoms with Gasteiger partial charge in [-0.25, -0.2) is 52.3 Å². The van der Waals surface area contributed by atoms with Gasteiger partial charge in [-0.1, -0.05) is 0 Å². The first-order valence-corrected chi connectivity index (χ1v) is 21.0. The number of aromatic nitrogens is 2. The van der Waals surface area contributed by atoms with Crippen LogP contribution in [-0.2, 0) is 28.8 Å². The zero-order chi connectivity index (χ0) is 55.4. The second kappa shape index (κ2) is 32.3. The SMILES string of the molecule is NCCCC[C@H](NC(=O)N[C@@H](CCC(=O)O)C(=O)O)C(=O)O.O=C(O)CC[C@H](NC(=O)N[C@@H](CCCCNC(=O)c1ccc([18F])nc1)C(=O)O)C(=O)O.O=C(Oc1c(F)c(F)cc(F)c1F)c1ccc([18F])nc1. The molecule has 2 heterocycles. The van der Waals surface area contributed by atoms with Crippen LogP contribution in [0.2, 0.25) is 0 Å². The first-order chi connectivity index (χ1) is 34.3. The van der Waals surface area contributed by atoms with Gasteiger partial charge in [0.15, 0.2) is 11.6 Å². The van der Waals surface area contributed by atoms with E-state index < -0.39 is 138 Å². The van der Waals surface area contributed by atoms with Gasteiger partial charge in [-0.2, -0.15) is 17.6 Å². The molecule has 0 saturated carbocycles. The summed E-state index contributed by atoms with van der Waals surface area (Å²) in [6.45, 7) is 0.597. The molecule has 3 aromatic rings. The van der Waals surface area contributed by atoms with E-state index >= 15 is 0 Å². The van der Waals surface area contributed by atoms with Crippen molar-refractivity contribution in [2.75, 3.05) is 13.1 Å². The molecule has 0 radical (unpaired) electrons. The molecule has 3 rings (SSSR count). The summed E-state index contributed by atoms with van der Waals surface area (Å²) in [4.78, 5) is 119. The second-order valence-electron chi connectivity index (χ2n) is 14.6. The molecule has 4 atom stereocenters. The smallest absolute Gasteiger partial charge is 0.345 e. The highest BCUT2D eigenvalue weighted by Gasteiger charge is 2.27. The number of amides is 5. The molecule has 0 aliphatic heterocycles. The monoisotopic (exact) mass is 1050 g/mol. The number of unbranched alkanes of at least 4 members (excludes halogenated alkanes) is 2. The van der Waals surface area contributed by atoms with Gasteiger partial charge in [-0.05, 0) is 82.2 Å². The molecule has 0 bridgehead atoms. The van der Waals surface area contributed by atoms with Crippen molar-refractivity contribution in [2.24, 2.45) is 5.73 Å². The van der Waals surface area contributed by atoms with Gasteiger partial charge in [0.2, 0.25) is 29.3 Å². The van der Waals surface area contributed by atoms with E-state index in [0.29, 0.717) is 32.2 Å². The Kier molecular flexibility index (Phi) is 27.6. The summed E-state index contributed by atoms with van der Waals surface area (Å²) in [6.07, 6.45) is 2.18. The fourth-order valence-electron chi connectivity index (χ4n) is 5.35. The Morgan fingerprint density at radius 3 is 1.27 bits per heavy atom. The van der Waals surface area contributed by atoms with E-state index in [1.54, 1.807) is 0 Å². The minimum absolute atomic E-state index is 0.00356. The number of hydrogen-bond donors (Lipinski definition) is 12. The third kappa shape index (κ3) is 24.7. The highest BCUT2D eigenvalue weighted by atomic mass is 19.2. The molecule has 0 unspecified atom stereocenters. The number of halogens is 6. The Hall–Kier alpha value is -8.64. The molecule has 0 fully saturated rings. The Labute approximate surface area is 407 Å². The van der Waals surface area contributed by atoms with Crippen molar-refractivity contribution in [2.45, 2.75) is 88.4 Å². The van der Waals surface area contributed by atoms with Crippen LogP contribution >= 0.6 is 0 Å². The number of hydrogen-bond acceptors (Lipinski definition) is 14. The van der Waals surface area contributed by atoms with Crippen LogP contribution in [0.5, 0.6) is 5.75 Å². The molecular weight excluding hydrogens is 1000 g/mol. The summed E-state index contributed by atoms with van der Waals surface area (Å²) < 4.78 is 81.8. The number of carboxylic acids is 6. The molecule has 2 aromatic heterocycles. The molecule has 13 N–H and O–H groups in total. The van der Waals surface area contributed by atoms with Gasteiger partial charge in [0, 0.05) is 37.8 Å². The summed E-state index contributed by atoms with van der Waals surface area (Å²) in [5, 5.41) is 64.1. The van der Waals surface area contributed by atoms with Crippen LogP contribution in [0.1, 0.15) is 84.9 Å². The van der Waals surface area contributed by atoms with Gasteiger partial charge in [-0.3, -0.25) is 14.4 Å². The predicted molar refractivity (Wildman–Crippen MR) is 231 cm³/mol. The number of aliphatic carboxylic acids is 6. The van der Waals surface area contributed by atoms with Crippen molar-refractivity contribution < 1.29 is 110 Å². The van der Waals surface area contributed by atoms with Gasteiger partial charge in [0.1, 0.15) is 24.2 Å². The van der Waals surface area contributed by atoms with Crippen LogP contribution in [0.25, 0.3) is 0 Å². The van der Waals surface area contributed by atoms with E-state index in [4.69, 9.17) is 31.3 Å². The van der Waals surface area contributed by atoms with Crippen molar-refractivity contribution >= 4 is 59.8 Å². The Morgan fingerprint density at radius 1 is 0.534 bits per heavy atom. The van der Waals surface area contributed by atoms with E-state index in [1.165, 1.54) is 6.07 Å². The predicted octanol–water partition coefficient (Wildman–Crippen LogP) is 2.37. The van der Waals surface area contributed by atoms with Crippen LogP contribution in [0.15, 0.2) is 42.7 Å². The highest BCUT2D eigenvalue weighted by Crippen LogP contribution is 2.27. The van der Waals surface area contributed by atoms with Crippen LogP contribution in [0, 0.1) is 35.2 Å². The Bertz CT molecular complexity index is 2380. The van der Waals surface area contributed by atoms with Crippen molar-refractivity contribution in [1.82, 2.24) is 36.6 Å². The zero-order valence-electron chi connectivity index (χ0n) is 37.7. The van der Waals surface area contributed by atoms with E-state index in [9.17, 15) is 79.4 Å². The number of urea groups is 2. The van der Waals surface area contributed by atoms with Crippen LogP contribution < -0.4 is 37.1 Å². The maximum Gasteiger partial charge on any atom is 0.345 e. The second-order valence-corrected chi connectivity index (χ2v) is 14.6. The summed E-state index contributed by atoms with van der Waals surface area (Å²) in [7, 11) is 0. The quantitative estimate of drug-likeness (QED) is 0.0137. The van der Waals surface area contributed by atoms with E-state index in [0.717, 1.165) is 30.6 Å². The number of esters is 1. The van der Waals surface area contributed by atoms with E-state index in [-0.39, 0.29) is 49.4 Å². The van der Waals surface area contributed by atoms with Crippen molar-refractivity contribution in [3.05, 3.63) is 89.0 Å². The third-order valence-electron chi connectivity index (χ3n) is 9.08. The average Bonchev–Trinajstić information content (AvgIpc) is 3.31. The average molecular weight is 1050 g/mol. The number of nitrogens with one attached hydrogen (secondary N) is 5. The maximum atomic E-state index is 13.2. The number of carbonyl (C=O) groups excluding carboxylic acids is 4. The minimum atomic E-state index is -1.85. The third-order valence-corrected chi connectivity index (χ3v) is 9.08. The van der Waals surface area contributed by atoms with E-state index in [2.05, 4.69) is 30.7 Å². The molecule has 400 valence electrons. The van der Waals surface area contributed by atoms with Gasteiger partial charge in [0.25, 0.3) is 5.91 Å². The standard InChI is InChI=1S/C18H23FN4O8.C12H4F5NO2.C12H21N3O7/c19-13-6-4-10(9-21-13)15(26)20-8-2-1-3-11(16(27)28)22-18(31)23-12(17(29)30)5-7-14(24)25;13-6-3-7(14)10(17)11(9(6)16)20-12(19)5-1-2-8(15)18-4-5;13-6-2-1-3-7(10(18)19)14-12(22)15-8(11(20)21)4-5-9(16)17/h4,6,9,11-12H,1-3,5,7-8H2,(H,20,26)(H,24,25)(H,27,28)(H,29,30)(H2,22,23,31);1-4H;7-8H,1-6,13H2,(H,16,17)(H,18,19)(H,20,21)(H2,14,15,22)/t11-,12-;;7-,8-/m0.0/s1/i19-1;15-1;. The Morgan fingerprint density at radius 2 is 0.918 bits per heavy atom. The lowest BCUT2D eigenvalue weighted by Gasteiger charge is -2.18. The number of carbonyl (C=O) groups is 10. The Balaban J connectivity index is 0.000000564. The largest absolute Gasteiger partial charge is 0.481 e. The van der Waals surface area contributed by atoms with Crippen LogP contribution in [-0.4, -0.2) is 138 Å². The molecule has 0 saturated heterocycles. The summed E-state index contributed by atoms with van der Waals surface area (Å²) in [5.74, 6) is -20.0. The molecule has 73 heavy (non-hydrogen) atoms. The molecular formula is C42H48F6N8O17. The highest BCUT2D eigenvalue weighted by molar-refractivity contribution is 5.94. The molecule has 25 nitrogen and oxygen atoms in total. The van der Waals surface area contributed by atoms with Gasteiger partial charge < -0.3 is 67.7 Å². The number of ether oxygens (including phenoxy) is 1. The van der Waals surface area contributed by atoms with Crippen molar-refractivity contribution in [3.63, 3.8) is 0 Å². The van der Waals surface area contributed by atoms with Crippen molar-refractivity contribution in [3.8, 4) is 5.75 Å². The summed E-state index contributed by atoms with van der Waals surface area (Å²) in [6, 6.07) is -3.39. The first kappa shape index (κ1) is 62.4. The lowest BCUT2D eigenvalue weighted by atomic mass is 10.1. The molecule has 0 spiro atoms. The van der Waals surface area contributed by atoms with Crippen molar-refractivity contribution in [1.29, 1.82) is 0 Å². The normalized spacial score (nSPS) is 12.0. The molecule has 31 heteroatoms. The van der Waals surface area contributed by atoms with Gasteiger partial charge in [-0.15, -0.1) is 0 Å². The van der Waals surface area contributed by atoms with E-state index in [1.807, 2.05) is 10.6 Å². The number of carboxylic acid groups (broad SMARTS) is 6. The first-order valence-electron chi connectivity index (χ1n) is 21.0. The molecule has 0 aliphatic rings. The lowest BCUT2D eigenvalue weighted by Crippen LogP contribution is -2.51. The molecule has 5 amide bonds. The van der Waals surface area contributed by atoms with Crippen LogP contribution in [0.4, 0.5) is 35.9 Å². The zero-order valence-corrected chi connectivity index (χ0v) is 37.7. The number of nitrogens with zero attached hydrogens (tertiary/aromatic N) is 2. The topological polar surface area (TPSA) is 413 Å². The molecule has 0 aliphatic carbocycles. The number of benzene rings is 1. The van der Waals surface area contributed by atoms with Gasteiger partial charge in [0.05, 0.1) is 11.1 Å². The number of pyridine rings is 2. The minimum Gasteiger partial charge on any atom is -0.481 e. The van der Waals surface area contributed by atoms with Crippen LogP contribution in [0.3, 0.4) is 0 Å².